The lowest BCUT2D eigenvalue weighted by atomic mass is 10.2. The Morgan fingerprint density at radius 2 is 1.95 bits per heavy atom. The van der Waals surface area contributed by atoms with Crippen LogP contribution in [0.1, 0.15) is 0 Å². The average Bonchev–Trinajstić information content (AvgIpc) is 2.28. The van der Waals surface area contributed by atoms with Crippen LogP contribution in [0.15, 0.2) is 42.2 Å². The van der Waals surface area contributed by atoms with E-state index in [1.165, 1.54) is 18.2 Å². The van der Waals surface area contributed by atoms with E-state index < -0.39 is 11.4 Å². The van der Waals surface area contributed by atoms with Gasteiger partial charge < -0.3 is 21.6 Å². The van der Waals surface area contributed by atoms with Gasteiger partial charge in [0, 0.05) is 0 Å². The number of rotatable bonds is 1. The summed E-state index contributed by atoms with van der Waals surface area (Å²) in [6, 6.07) is 4.42. The van der Waals surface area contributed by atoms with Crippen molar-refractivity contribution in [1.29, 1.82) is 0 Å². The largest absolute Gasteiger partial charge is 0.419 e. The quantitative estimate of drug-likeness (QED) is 0.368. The molecule has 0 spiro atoms. The zero-order chi connectivity index (χ0) is 14.0. The number of benzene rings is 1. The van der Waals surface area contributed by atoms with Crippen LogP contribution >= 0.6 is 0 Å². The molecule has 0 atom stereocenters. The van der Waals surface area contributed by atoms with E-state index in [4.69, 9.17) is 17.2 Å². The maximum absolute atomic E-state index is 11.5. The number of nitrogens with two attached hydrogens (primary N) is 3. The Bertz CT molecular complexity index is 797. The van der Waals surface area contributed by atoms with Gasteiger partial charge in [0.15, 0.2) is 5.96 Å². The van der Waals surface area contributed by atoms with Crippen molar-refractivity contribution in [1.82, 2.24) is 4.98 Å². The van der Waals surface area contributed by atoms with Gasteiger partial charge in [-0.1, -0.05) is 0 Å². The van der Waals surface area contributed by atoms with Gasteiger partial charge in [-0.2, -0.15) is 4.99 Å². The summed E-state index contributed by atoms with van der Waals surface area (Å²) in [5.74, 6) is -1.21. The molecule has 0 fully saturated rings. The third-order valence-electron chi connectivity index (χ3n) is 2.13. The van der Waals surface area contributed by atoms with Gasteiger partial charge in [-0.25, -0.2) is 14.6 Å². The predicted octanol–water partition coefficient (Wildman–Crippen LogP) is -1.30. The average molecular weight is 262 g/mol. The number of fused-ring (bicyclic) bond motifs is 1. The van der Waals surface area contributed by atoms with E-state index in [1.54, 1.807) is 0 Å². The van der Waals surface area contributed by atoms with E-state index in [0.717, 1.165) is 0 Å². The molecule has 0 aliphatic carbocycles. The standard InChI is InChI=1S/C10H10N6O3/c11-8(12)16-9(13)14-4-1-2-6-5(3-4)7(17)19-10(18)15-6/h1-3H,(H,15,18)(H6,11,12,13,14,16). The number of nitrogens with zero attached hydrogens (tertiary/aromatic N) is 2. The second-order valence-corrected chi connectivity index (χ2v) is 3.54. The lowest BCUT2D eigenvalue weighted by Crippen LogP contribution is -2.26. The molecule has 7 N–H and O–H groups in total. The molecule has 0 aliphatic rings. The van der Waals surface area contributed by atoms with Crippen molar-refractivity contribution in [2.24, 2.45) is 27.2 Å². The molecule has 98 valence electrons. The van der Waals surface area contributed by atoms with Gasteiger partial charge in [-0.3, -0.25) is 4.98 Å². The highest BCUT2D eigenvalue weighted by Gasteiger charge is 2.03. The minimum absolute atomic E-state index is 0.159. The van der Waals surface area contributed by atoms with Crippen LogP contribution < -0.4 is 28.6 Å². The molecule has 1 aromatic heterocycles. The summed E-state index contributed by atoms with van der Waals surface area (Å²) < 4.78 is 4.40. The number of guanidine groups is 2. The Labute approximate surface area is 105 Å². The van der Waals surface area contributed by atoms with Gasteiger partial charge in [0.05, 0.1) is 16.6 Å². The number of hydrogen-bond acceptors (Lipinski definition) is 4. The summed E-state index contributed by atoms with van der Waals surface area (Å²) in [6.45, 7) is 0. The van der Waals surface area contributed by atoms with Gasteiger partial charge >= 0.3 is 11.4 Å². The van der Waals surface area contributed by atoms with Crippen molar-refractivity contribution >= 4 is 28.5 Å². The van der Waals surface area contributed by atoms with E-state index >= 15 is 0 Å². The summed E-state index contributed by atoms with van der Waals surface area (Å²) >= 11 is 0. The minimum atomic E-state index is -0.825. The maximum Gasteiger partial charge on any atom is 0.419 e. The Morgan fingerprint density at radius 1 is 1.21 bits per heavy atom. The van der Waals surface area contributed by atoms with Crippen LogP contribution in [0.5, 0.6) is 0 Å². The van der Waals surface area contributed by atoms with Gasteiger partial charge in [0.2, 0.25) is 5.96 Å². The van der Waals surface area contributed by atoms with E-state index in [1.807, 2.05) is 0 Å². The third kappa shape index (κ3) is 2.77. The fraction of sp³-hybridized carbons (Fsp3) is 0. The highest BCUT2D eigenvalue weighted by Crippen LogP contribution is 2.16. The van der Waals surface area contributed by atoms with Crippen LogP contribution in [-0.4, -0.2) is 16.9 Å². The number of hydrogen-bond donors (Lipinski definition) is 4. The highest BCUT2D eigenvalue weighted by molar-refractivity contribution is 5.94. The third-order valence-corrected chi connectivity index (χ3v) is 2.13. The Morgan fingerprint density at radius 3 is 2.63 bits per heavy atom. The summed E-state index contributed by atoms with van der Waals surface area (Å²) in [4.78, 5) is 32.2. The zero-order valence-electron chi connectivity index (χ0n) is 9.58. The van der Waals surface area contributed by atoms with Crippen molar-refractivity contribution in [3.8, 4) is 0 Å². The molecule has 0 bridgehead atoms. The van der Waals surface area contributed by atoms with Crippen molar-refractivity contribution in [3.63, 3.8) is 0 Å². The molecule has 2 aromatic rings. The second-order valence-electron chi connectivity index (χ2n) is 3.54. The van der Waals surface area contributed by atoms with Gasteiger partial charge in [0.1, 0.15) is 0 Å². The van der Waals surface area contributed by atoms with Crippen LogP contribution in [-0.2, 0) is 0 Å². The summed E-state index contributed by atoms with van der Waals surface area (Å²) in [5, 5.41) is 0.165. The zero-order valence-corrected chi connectivity index (χ0v) is 9.58. The second kappa shape index (κ2) is 4.64. The van der Waals surface area contributed by atoms with E-state index in [9.17, 15) is 9.59 Å². The molecule has 2 rings (SSSR count). The molecule has 0 amide bonds. The first-order valence-electron chi connectivity index (χ1n) is 5.06. The summed E-state index contributed by atoms with van der Waals surface area (Å²) in [6.07, 6.45) is 0. The van der Waals surface area contributed by atoms with Crippen LogP contribution in [0, 0.1) is 0 Å². The predicted molar refractivity (Wildman–Crippen MR) is 70.2 cm³/mol. The molecule has 19 heavy (non-hydrogen) atoms. The molecule has 0 saturated carbocycles. The first-order chi connectivity index (χ1) is 8.95. The monoisotopic (exact) mass is 262 g/mol. The number of aliphatic imine (C=N–C) groups is 2. The molecule has 0 aliphatic heterocycles. The maximum atomic E-state index is 11.5. The molecule has 0 saturated heterocycles. The molecule has 1 aromatic carbocycles. The van der Waals surface area contributed by atoms with Crippen LogP contribution in [0.4, 0.5) is 5.69 Å². The normalized spacial score (nSPS) is 11.5. The molecule has 0 radical (unpaired) electrons. The Hall–Kier alpha value is -3.10. The number of aromatic amines is 1. The Balaban J connectivity index is 2.57. The van der Waals surface area contributed by atoms with E-state index in [0.29, 0.717) is 11.2 Å². The smallest absolute Gasteiger partial charge is 0.372 e. The fourth-order valence-corrected chi connectivity index (χ4v) is 1.44. The van der Waals surface area contributed by atoms with Gasteiger partial charge in [-0.15, -0.1) is 0 Å². The minimum Gasteiger partial charge on any atom is -0.372 e. The van der Waals surface area contributed by atoms with Crippen LogP contribution in [0.2, 0.25) is 0 Å². The highest BCUT2D eigenvalue weighted by atomic mass is 16.4. The van der Waals surface area contributed by atoms with Crippen molar-refractivity contribution in [3.05, 3.63) is 39.2 Å². The Kier molecular flexibility index (Phi) is 3.02. The number of H-pyrrole nitrogens is 1. The molecule has 9 heteroatoms. The van der Waals surface area contributed by atoms with Crippen molar-refractivity contribution in [2.75, 3.05) is 0 Å². The van der Waals surface area contributed by atoms with E-state index in [-0.39, 0.29) is 17.3 Å². The SMILES string of the molecule is NC(N)=NC(N)=Nc1ccc2[nH]c(=O)oc(=O)c2c1. The first kappa shape index (κ1) is 12.4. The molecular weight excluding hydrogens is 252 g/mol. The summed E-state index contributed by atoms with van der Waals surface area (Å²) in [5.41, 5.74) is 15.6. The van der Waals surface area contributed by atoms with Gasteiger partial charge in [-0.05, 0) is 18.2 Å². The number of nitrogens with one attached hydrogen (secondary N) is 1. The lowest BCUT2D eigenvalue weighted by molar-refractivity contribution is 0.460. The number of aromatic nitrogens is 1. The summed E-state index contributed by atoms with van der Waals surface area (Å²) in [7, 11) is 0. The van der Waals surface area contributed by atoms with Crippen molar-refractivity contribution < 1.29 is 4.42 Å². The van der Waals surface area contributed by atoms with Crippen LogP contribution in [0.25, 0.3) is 10.9 Å². The molecule has 0 unspecified atom stereocenters. The van der Waals surface area contributed by atoms with Gasteiger partial charge in [0.25, 0.3) is 0 Å². The first-order valence-corrected chi connectivity index (χ1v) is 5.06. The van der Waals surface area contributed by atoms with Crippen molar-refractivity contribution in [2.45, 2.75) is 0 Å². The molecule has 9 nitrogen and oxygen atoms in total. The lowest BCUT2D eigenvalue weighted by Gasteiger charge is -1.98. The molecular formula is C10H10N6O3. The van der Waals surface area contributed by atoms with E-state index in [2.05, 4.69) is 19.4 Å². The molecule has 1 heterocycles. The van der Waals surface area contributed by atoms with Crippen LogP contribution in [0.3, 0.4) is 0 Å². The topological polar surface area (TPSA) is 166 Å². The fourth-order valence-electron chi connectivity index (χ4n) is 1.44.